The summed E-state index contributed by atoms with van der Waals surface area (Å²) in [6.07, 6.45) is -4.46. The van der Waals surface area contributed by atoms with Crippen LogP contribution in [0.15, 0.2) is 48.5 Å². The molecule has 2 aromatic rings. The smallest absolute Gasteiger partial charge is 0.417 e. The van der Waals surface area contributed by atoms with Gasteiger partial charge in [-0.2, -0.15) is 13.2 Å². The first-order valence-corrected chi connectivity index (χ1v) is 7.47. The summed E-state index contributed by atoms with van der Waals surface area (Å²) >= 11 is 0. The third-order valence-electron chi connectivity index (χ3n) is 3.22. The van der Waals surface area contributed by atoms with Gasteiger partial charge < -0.3 is 10.1 Å². The molecular weight excluding hydrogens is 331 g/mol. The van der Waals surface area contributed by atoms with Crippen molar-refractivity contribution >= 4 is 5.91 Å². The molecule has 0 heterocycles. The maximum Gasteiger partial charge on any atom is 0.417 e. The summed E-state index contributed by atoms with van der Waals surface area (Å²) < 4.78 is 43.7. The van der Waals surface area contributed by atoms with Gasteiger partial charge in [0.25, 0.3) is 5.91 Å². The molecular formula is C19H16F3NO2. The van der Waals surface area contributed by atoms with E-state index in [4.69, 9.17) is 4.74 Å². The summed E-state index contributed by atoms with van der Waals surface area (Å²) in [5.41, 5.74) is 0.155. The third kappa shape index (κ3) is 5.88. The number of benzene rings is 2. The number of alkyl halides is 3. The minimum atomic E-state index is -4.46. The van der Waals surface area contributed by atoms with Crippen LogP contribution in [0.5, 0.6) is 5.75 Å². The van der Waals surface area contributed by atoms with E-state index in [9.17, 15) is 18.0 Å². The second kappa shape index (κ2) is 8.25. The van der Waals surface area contributed by atoms with Crippen LogP contribution in [0.3, 0.4) is 0 Å². The fraction of sp³-hybridized carbons (Fsp3) is 0.211. The van der Waals surface area contributed by atoms with Crippen molar-refractivity contribution in [2.24, 2.45) is 0 Å². The molecule has 0 unspecified atom stereocenters. The summed E-state index contributed by atoms with van der Waals surface area (Å²) in [5.74, 6) is 5.10. The van der Waals surface area contributed by atoms with Gasteiger partial charge in [0.2, 0.25) is 0 Å². The van der Waals surface area contributed by atoms with Gasteiger partial charge in [-0.1, -0.05) is 41.7 Å². The second-order valence-corrected chi connectivity index (χ2v) is 5.22. The number of hydrogen-bond donors (Lipinski definition) is 1. The number of rotatable bonds is 4. The quantitative estimate of drug-likeness (QED) is 0.859. The molecule has 6 heteroatoms. The minimum absolute atomic E-state index is 0.0672. The normalized spacial score (nSPS) is 10.6. The Morgan fingerprint density at radius 3 is 2.48 bits per heavy atom. The Hall–Kier alpha value is -2.94. The summed E-state index contributed by atoms with van der Waals surface area (Å²) in [7, 11) is 0. The van der Waals surface area contributed by atoms with Gasteiger partial charge in [-0.05, 0) is 31.2 Å². The van der Waals surface area contributed by atoms with E-state index in [0.29, 0.717) is 5.75 Å². The lowest BCUT2D eigenvalue weighted by Crippen LogP contribution is -2.29. The van der Waals surface area contributed by atoms with Crippen LogP contribution in [0.25, 0.3) is 0 Å². The molecule has 0 atom stereocenters. The Morgan fingerprint density at radius 1 is 1.12 bits per heavy atom. The zero-order chi connectivity index (χ0) is 18.3. The van der Waals surface area contributed by atoms with Gasteiger partial charge in [0.05, 0.1) is 12.1 Å². The Labute approximate surface area is 143 Å². The number of carbonyl (C=O) groups excluding carboxylic acids is 1. The van der Waals surface area contributed by atoms with Crippen molar-refractivity contribution in [2.45, 2.75) is 13.1 Å². The van der Waals surface area contributed by atoms with Crippen LogP contribution in [0.4, 0.5) is 13.2 Å². The Bertz CT molecular complexity index is 787. The van der Waals surface area contributed by atoms with Crippen LogP contribution in [0.1, 0.15) is 16.7 Å². The standard InChI is InChI=1S/C19H16F3NO2/c1-14-8-10-16(11-9-14)25-13-18(24)23-12-4-6-15-5-2-3-7-17(15)19(20,21)22/h2-3,5,7-11H,12-13H2,1H3,(H,23,24). The van der Waals surface area contributed by atoms with Crippen molar-refractivity contribution in [3.8, 4) is 17.6 Å². The predicted molar refractivity (Wildman–Crippen MR) is 88.0 cm³/mol. The number of nitrogens with one attached hydrogen (secondary N) is 1. The molecule has 25 heavy (non-hydrogen) atoms. The number of amides is 1. The molecule has 0 aromatic heterocycles. The molecule has 2 aromatic carbocycles. The van der Waals surface area contributed by atoms with E-state index < -0.39 is 17.6 Å². The zero-order valence-corrected chi connectivity index (χ0v) is 13.5. The first kappa shape index (κ1) is 18.4. The Kier molecular flexibility index (Phi) is 6.07. The zero-order valence-electron chi connectivity index (χ0n) is 13.5. The molecule has 130 valence electrons. The molecule has 1 N–H and O–H groups in total. The highest BCUT2D eigenvalue weighted by Crippen LogP contribution is 2.31. The highest BCUT2D eigenvalue weighted by atomic mass is 19.4. The maximum absolute atomic E-state index is 12.8. The maximum atomic E-state index is 12.8. The van der Waals surface area contributed by atoms with Crippen molar-refractivity contribution in [1.29, 1.82) is 0 Å². The molecule has 0 saturated heterocycles. The first-order valence-electron chi connectivity index (χ1n) is 7.47. The van der Waals surface area contributed by atoms with Crippen LogP contribution in [-0.2, 0) is 11.0 Å². The molecule has 0 saturated carbocycles. The fourth-order valence-corrected chi connectivity index (χ4v) is 1.96. The molecule has 0 spiro atoms. The average Bonchev–Trinajstić information content (AvgIpc) is 2.58. The van der Waals surface area contributed by atoms with Gasteiger partial charge in [0, 0.05) is 5.56 Å². The van der Waals surface area contributed by atoms with Gasteiger partial charge in [-0.3, -0.25) is 4.79 Å². The molecule has 0 fully saturated rings. The molecule has 1 amide bonds. The summed E-state index contributed by atoms with van der Waals surface area (Å²) in [6, 6.07) is 12.3. The molecule has 2 rings (SSSR count). The van der Waals surface area contributed by atoms with Gasteiger partial charge in [-0.25, -0.2) is 0 Å². The topological polar surface area (TPSA) is 38.3 Å². The fourth-order valence-electron chi connectivity index (χ4n) is 1.96. The summed E-state index contributed by atoms with van der Waals surface area (Å²) in [6.45, 7) is 1.68. The molecule has 0 aliphatic carbocycles. The second-order valence-electron chi connectivity index (χ2n) is 5.22. The van der Waals surface area contributed by atoms with Gasteiger partial charge >= 0.3 is 6.18 Å². The SMILES string of the molecule is Cc1ccc(OCC(=O)NCC#Cc2ccccc2C(F)(F)F)cc1. The van der Waals surface area contributed by atoms with Gasteiger partial charge in [0.1, 0.15) is 5.75 Å². The van der Waals surface area contributed by atoms with E-state index in [2.05, 4.69) is 17.2 Å². The van der Waals surface area contributed by atoms with E-state index in [1.54, 1.807) is 12.1 Å². The monoisotopic (exact) mass is 347 g/mol. The van der Waals surface area contributed by atoms with E-state index in [0.717, 1.165) is 11.6 Å². The van der Waals surface area contributed by atoms with Crippen molar-refractivity contribution < 1.29 is 22.7 Å². The molecule has 0 radical (unpaired) electrons. The van der Waals surface area contributed by atoms with Gasteiger partial charge in [-0.15, -0.1) is 0 Å². The van der Waals surface area contributed by atoms with E-state index in [1.165, 1.54) is 18.2 Å². The van der Waals surface area contributed by atoms with Crippen LogP contribution < -0.4 is 10.1 Å². The molecule has 0 aliphatic rings. The summed E-state index contributed by atoms with van der Waals surface area (Å²) in [5, 5.41) is 2.47. The Morgan fingerprint density at radius 2 is 1.80 bits per heavy atom. The molecule has 3 nitrogen and oxygen atoms in total. The highest BCUT2D eigenvalue weighted by molar-refractivity contribution is 5.77. The van der Waals surface area contributed by atoms with E-state index >= 15 is 0 Å². The average molecular weight is 347 g/mol. The number of hydrogen-bond acceptors (Lipinski definition) is 2. The van der Waals surface area contributed by atoms with Crippen LogP contribution in [-0.4, -0.2) is 19.1 Å². The van der Waals surface area contributed by atoms with Crippen molar-refractivity contribution in [3.63, 3.8) is 0 Å². The highest BCUT2D eigenvalue weighted by Gasteiger charge is 2.32. The number of halogens is 3. The van der Waals surface area contributed by atoms with E-state index in [1.807, 2.05) is 19.1 Å². The Balaban J connectivity index is 1.84. The first-order chi connectivity index (χ1) is 11.9. The predicted octanol–water partition coefficient (Wildman–Crippen LogP) is 3.56. The lowest BCUT2D eigenvalue weighted by Gasteiger charge is -2.08. The lowest BCUT2D eigenvalue weighted by atomic mass is 10.1. The third-order valence-corrected chi connectivity index (χ3v) is 3.22. The van der Waals surface area contributed by atoms with Crippen LogP contribution >= 0.6 is 0 Å². The minimum Gasteiger partial charge on any atom is -0.484 e. The number of aryl methyl sites for hydroxylation is 1. The number of carbonyl (C=O) groups is 1. The van der Waals surface area contributed by atoms with Gasteiger partial charge in [0.15, 0.2) is 6.61 Å². The lowest BCUT2D eigenvalue weighted by molar-refractivity contribution is -0.137. The molecule has 0 bridgehead atoms. The number of ether oxygens (including phenoxy) is 1. The largest absolute Gasteiger partial charge is 0.484 e. The van der Waals surface area contributed by atoms with E-state index in [-0.39, 0.29) is 18.7 Å². The van der Waals surface area contributed by atoms with Crippen molar-refractivity contribution in [3.05, 3.63) is 65.2 Å². The molecule has 0 aliphatic heterocycles. The summed E-state index contributed by atoms with van der Waals surface area (Å²) in [4.78, 5) is 11.6. The van der Waals surface area contributed by atoms with Crippen molar-refractivity contribution in [1.82, 2.24) is 5.32 Å². The van der Waals surface area contributed by atoms with Crippen LogP contribution in [0, 0.1) is 18.8 Å². The van der Waals surface area contributed by atoms with Crippen LogP contribution in [0.2, 0.25) is 0 Å². The van der Waals surface area contributed by atoms with Crippen molar-refractivity contribution in [2.75, 3.05) is 13.2 Å².